The lowest BCUT2D eigenvalue weighted by Crippen LogP contribution is -2.37. The highest BCUT2D eigenvalue weighted by Gasteiger charge is 2.19. The lowest BCUT2D eigenvalue weighted by Gasteiger charge is -2.29. The maximum atomic E-state index is 12.8. The molecule has 0 aromatic heterocycles. The first-order valence-electron chi connectivity index (χ1n) is 8.52. The van der Waals surface area contributed by atoms with E-state index in [0.29, 0.717) is 13.0 Å². The standard InChI is InChI=1S/C20H23FN2O/c21-19-7-5-16(6-8-19)9-12-22-13-10-20(24)23-14-11-17-3-1-2-4-18(17)15-23/h1-8,22H,9-15H2. The molecule has 1 heterocycles. The lowest BCUT2D eigenvalue weighted by atomic mass is 10.00. The van der Waals surface area contributed by atoms with E-state index >= 15 is 0 Å². The summed E-state index contributed by atoms with van der Waals surface area (Å²) < 4.78 is 12.8. The molecule has 0 saturated carbocycles. The van der Waals surface area contributed by atoms with E-state index in [1.165, 1.54) is 23.3 Å². The summed E-state index contributed by atoms with van der Waals surface area (Å²) in [6.45, 7) is 3.01. The summed E-state index contributed by atoms with van der Waals surface area (Å²) in [4.78, 5) is 14.3. The summed E-state index contributed by atoms with van der Waals surface area (Å²) >= 11 is 0. The van der Waals surface area contributed by atoms with Crippen LogP contribution in [0.1, 0.15) is 23.1 Å². The van der Waals surface area contributed by atoms with E-state index in [0.717, 1.165) is 38.0 Å². The molecule has 2 aromatic carbocycles. The molecule has 1 aliphatic rings. The number of benzene rings is 2. The highest BCUT2D eigenvalue weighted by molar-refractivity contribution is 5.76. The Hall–Kier alpha value is -2.20. The van der Waals surface area contributed by atoms with E-state index in [4.69, 9.17) is 0 Å². The Morgan fingerprint density at radius 1 is 1.04 bits per heavy atom. The number of nitrogens with one attached hydrogen (secondary N) is 1. The molecule has 3 nitrogen and oxygen atoms in total. The van der Waals surface area contributed by atoms with E-state index in [1.54, 1.807) is 12.1 Å². The Balaban J connectivity index is 1.36. The average Bonchev–Trinajstić information content (AvgIpc) is 2.62. The first-order chi connectivity index (χ1) is 11.7. The van der Waals surface area contributed by atoms with E-state index in [-0.39, 0.29) is 11.7 Å². The number of fused-ring (bicyclic) bond motifs is 1. The Bertz CT molecular complexity index is 684. The van der Waals surface area contributed by atoms with Gasteiger partial charge in [0.05, 0.1) is 0 Å². The molecule has 0 saturated heterocycles. The molecule has 126 valence electrons. The molecule has 0 fully saturated rings. The molecule has 0 unspecified atom stereocenters. The maximum absolute atomic E-state index is 12.8. The van der Waals surface area contributed by atoms with E-state index in [2.05, 4.69) is 23.5 Å². The molecule has 0 bridgehead atoms. The summed E-state index contributed by atoms with van der Waals surface area (Å²) in [7, 11) is 0. The third-order valence-corrected chi connectivity index (χ3v) is 4.50. The smallest absolute Gasteiger partial charge is 0.224 e. The minimum absolute atomic E-state index is 0.207. The van der Waals surface area contributed by atoms with Gasteiger partial charge in [0.1, 0.15) is 5.82 Å². The molecule has 0 spiro atoms. The highest BCUT2D eigenvalue weighted by atomic mass is 19.1. The number of halogens is 1. The maximum Gasteiger partial charge on any atom is 0.224 e. The second kappa shape index (κ2) is 8.06. The fourth-order valence-electron chi connectivity index (χ4n) is 3.07. The largest absolute Gasteiger partial charge is 0.338 e. The second-order valence-corrected chi connectivity index (χ2v) is 6.21. The Kier molecular flexibility index (Phi) is 5.59. The van der Waals surface area contributed by atoms with Crippen molar-refractivity contribution in [1.82, 2.24) is 10.2 Å². The van der Waals surface area contributed by atoms with Gasteiger partial charge in [0, 0.05) is 26.1 Å². The van der Waals surface area contributed by atoms with Crippen molar-refractivity contribution in [2.24, 2.45) is 0 Å². The van der Waals surface area contributed by atoms with Crippen LogP contribution in [0.2, 0.25) is 0 Å². The number of carbonyl (C=O) groups is 1. The van der Waals surface area contributed by atoms with Gasteiger partial charge in [0.2, 0.25) is 5.91 Å². The predicted octanol–water partition coefficient (Wildman–Crippen LogP) is 2.93. The van der Waals surface area contributed by atoms with Gasteiger partial charge < -0.3 is 10.2 Å². The third kappa shape index (κ3) is 4.42. The van der Waals surface area contributed by atoms with Gasteiger partial charge in [-0.2, -0.15) is 0 Å². The number of carbonyl (C=O) groups excluding carboxylic acids is 1. The summed E-state index contributed by atoms with van der Waals surface area (Å²) in [5.74, 6) is -0.000744. The molecule has 3 rings (SSSR count). The highest BCUT2D eigenvalue weighted by Crippen LogP contribution is 2.18. The van der Waals surface area contributed by atoms with Gasteiger partial charge in [0.15, 0.2) is 0 Å². The summed E-state index contributed by atoms with van der Waals surface area (Å²) in [5.41, 5.74) is 3.73. The topological polar surface area (TPSA) is 32.3 Å². The van der Waals surface area contributed by atoms with Gasteiger partial charge in [-0.05, 0) is 48.2 Å². The van der Waals surface area contributed by atoms with Crippen molar-refractivity contribution in [2.45, 2.75) is 25.8 Å². The molecule has 1 N–H and O–H groups in total. The second-order valence-electron chi connectivity index (χ2n) is 6.21. The minimum Gasteiger partial charge on any atom is -0.338 e. The van der Waals surface area contributed by atoms with Crippen LogP contribution in [0.25, 0.3) is 0 Å². The zero-order valence-electron chi connectivity index (χ0n) is 13.8. The van der Waals surface area contributed by atoms with Crippen LogP contribution in [0, 0.1) is 5.82 Å². The van der Waals surface area contributed by atoms with Crippen LogP contribution in [0.3, 0.4) is 0 Å². The zero-order chi connectivity index (χ0) is 16.8. The monoisotopic (exact) mass is 326 g/mol. The fourth-order valence-corrected chi connectivity index (χ4v) is 3.07. The fraction of sp³-hybridized carbons (Fsp3) is 0.350. The molecule has 0 radical (unpaired) electrons. The molecular formula is C20H23FN2O. The molecule has 2 aromatic rings. The van der Waals surface area contributed by atoms with Crippen LogP contribution in [0.15, 0.2) is 48.5 Å². The SMILES string of the molecule is O=C(CCNCCc1ccc(F)cc1)N1CCc2ccccc2C1. The van der Waals surface area contributed by atoms with E-state index in [9.17, 15) is 9.18 Å². The Morgan fingerprint density at radius 3 is 2.58 bits per heavy atom. The van der Waals surface area contributed by atoms with E-state index in [1.807, 2.05) is 11.0 Å². The van der Waals surface area contributed by atoms with Crippen LogP contribution in [-0.4, -0.2) is 30.4 Å². The first-order valence-corrected chi connectivity index (χ1v) is 8.52. The number of hydrogen-bond donors (Lipinski definition) is 1. The van der Waals surface area contributed by atoms with Gasteiger partial charge in [-0.1, -0.05) is 36.4 Å². The summed E-state index contributed by atoms with van der Waals surface area (Å²) in [6, 6.07) is 14.9. The van der Waals surface area contributed by atoms with Crippen LogP contribution in [0.4, 0.5) is 4.39 Å². The lowest BCUT2D eigenvalue weighted by molar-refractivity contribution is -0.132. The van der Waals surface area contributed by atoms with Crippen LogP contribution >= 0.6 is 0 Å². The number of amides is 1. The molecular weight excluding hydrogens is 303 g/mol. The van der Waals surface area contributed by atoms with Crippen molar-refractivity contribution in [3.8, 4) is 0 Å². The molecule has 0 aliphatic carbocycles. The third-order valence-electron chi connectivity index (χ3n) is 4.50. The predicted molar refractivity (Wildman–Crippen MR) is 93.2 cm³/mol. The van der Waals surface area contributed by atoms with Crippen molar-refractivity contribution >= 4 is 5.91 Å². The van der Waals surface area contributed by atoms with Crippen LogP contribution in [-0.2, 0) is 24.2 Å². The summed E-state index contributed by atoms with van der Waals surface area (Å²) in [5, 5.41) is 3.30. The van der Waals surface area contributed by atoms with Gasteiger partial charge in [-0.3, -0.25) is 4.79 Å². The average molecular weight is 326 g/mol. The van der Waals surface area contributed by atoms with Crippen molar-refractivity contribution in [2.75, 3.05) is 19.6 Å². The van der Waals surface area contributed by atoms with Gasteiger partial charge >= 0.3 is 0 Å². The molecule has 24 heavy (non-hydrogen) atoms. The molecule has 1 amide bonds. The minimum atomic E-state index is -0.208. The molecule has 0 atom stereocenters. The van der Waals surface area contributed by atoms with Gasteiger partial charge in [-0.25, -0.2) is 4.39 Å². The van der Waals surface area contributed by atoms with Crippen molar-refractivity contribution in [3.05, 3.63) is 71.0 Å². The zero-order valence-corrected chi connectivity index (χ0v) is 13.8. The van der Waals surface area contributed by atoms with Gasteiger partial charge in [-0.15, -0.1) is 0 Å². The Morgan fingerprint density at radius 2 is 1.79 bits per heavy atom. The van der Waals surface area contributed by atoms with Crippen molar-refractivity contribution < 1.29 is 9.18 Å². The number of rotatable bonds is 6. The summed E-state index contributed by atoms with van der Waals surface area (Å²) in [6.07, 6.45) is 2.30. The van der Waals surface area contributed by atoms with Crippen molar-refractivity contribution in [3.63, 3.8) is 0 Å². The van der Waals surface area contributed by atoms with Gasteiger partial charge in [0.25, 0.3) is 0 Å². The Labute approximate surface area is 142 Å². The molecule has 1 aliphatic heterocycles. The first kappa shape index (κ1) is 16.7. The normalized spacial score (nSPS) is 13.6. The van der Waals surface area contributed by atoms with E-state index < -0.39 is 0 Å². The van der Waals surface area contributed by atoms with Crippen LogP contribution in [0.5, 0.6) is 0 Å². The number of hydrogen-bond acceptors (Lipinski definition) is 2. The quantitative estimate of drug-likeness (QED) is 0.828. The molecule has 4 heteroatoms. The number of nitrogens with zero attached hydrogens (tertiary/aromatic N) is 1. The van der Waals surface area contributed by atoms with Crippen LogP contribution < -0.4 is 5.32 Å². The van der Waals surface area contributed by atoms with Crippen molar-refractivity contribution in [1.29, 1.82) is 0 Å².